The van der Waals surface area contributed by atoms with E-state index >= 15 is 0 Å². The Hall–Kier alpha value is -3.40. The third-order valence-corrected chi connectivity index (χ3v) is 8.68. The number of alkyl halides is 3. The van der Waals surface area contributed by atoms with E-state index in [1.54, 1.807) is 13.8 Å². The van der Waals surface area contributed by atoms with Crippen molar-refractivity contribution in [3.63, 3.8) is 0 Å². The highest BCUT2D eigenvalue weighted by atomic mass is 19.4. The molecule has 0 radical (unpaired) electrons. The van der Waals surface area contributed by atoms with Crippen molar-refractivity contribution in [3.05, 3.63) is 53.1 Å². The second-order valence-corrected chi connectivity index (χ2v) is 11.9. The molecule has 2 heterocycles. The molecule has 1 aromatic heterocycles. The summed E-state index contributed by atoms with van der Waals surface area (Å²) >= 11 is 0. The molecule has 6 rings (SSSR count). The minimum absolute atomic E-state index is 0.00347. The standard InChI is InChI=1S/C31H34F3N3O4/c1-4-39-28(38)30(12-13-30)18-37-15-14-29(17-37)11-10-21-22(6-5-7-23(21)29)26-35-27(41-36-26)20-8-9-25(40-19(2)3)24(16-20)31(32,33)34/h5-9,16,19H,4,10-15,17-18H2,1-3H3. The number of likely N-dealkylation sites (tertiary alicyclic amines) is 1. The largest absolute Gasteiger partial charge is 0.490 e. The van der Waals surface area contributed by atoms with Crippen molar-refractivity contribution in [2.45, 2.75) is 70.6 Å². The van der Waals surface area contributed by atoms with Crippen LogP contribution in [0.5, 0.6) is 5.75 Å². The van der Waals surface area contributed by atoms with Gasteiger partial charge in [0.2, 0.25) is 5.82 Å². The van der Waals surface area contributed by atoms with Gasteiger partial charge in [-0.25, -0.2) is 0 Å². The van der Waals surface area contributed by atoms with Crippen molar-refractivity contribution in [3.8, 4) is 28.6 Å². The number of rotatable bonds is 8. The van der Waals surface area contributed by atoms with Gasteiger partial charge in [0.05, 0.1) is 23.7 Å². The lowest BCUT2D eigenvalue weighted by Crippen LogP contribution is -2.36. The molecule has 1 saturated heterocycles. The average molecular weight is 570 g/mol. The fourth-order valence-electron chi connectivity index (χ4n) is 6.56. The van der Waals surface area contributed by atoms with Crippen LogP contribution in [0.3, 0.4) is 0 Å². The van der Waals surface area contributed by atoms with Crippen molar-refractivity contribution in [1.82, 2.24) is 15.0 Å². The molecule has 2 aliphatic carbocycles. The lowest BCUT2D eigenvalue weighted by molar-refractivity contribution is -0.150. The molecule has 0 bridgehead atoms. The van der Waals surface area contributed by atoms with Crippen LogP contribution in [0.15, 0.2) is 40.9 Å². The Bertz CT molecular complexity index is 1460. The quantitative estimate of drug-likeness (QED) is 0.289. The molecule has 1 spiro atoms. The molecule has 41 heavy (non-hydrogen) atoms. The molecule has 2 fully saturated rings. The molecule has 1 aliphatic heterocycles. The molecule has 10 heteroatoms. The number of benzene rings is 2. The van der Waals surface area contributed by atoms with Crippen molar-refractivity contribution < 1.29 is 32.0 Å². The van der Waals surface area contributed by atoms with Gasteiger partial charge in [-0.1, -0.05) is 23.4 Å². The Labute approximate surface area is 237 Å². The number of ether oxygens (including phenoxy) is 2. The molecule has 1 saturated carbocycles. The zero-order chi connectivity index (χ0) is 29.0. The number of hydrogen-bond acceptors (Lipinski definition) is 7. The molecular formula is C31H34F3N3O4. The van der Waals surface area contributed by atoms with Crippen LogP contribution >= 0.6 is 0 Å². The minimum atomic E-state index is -4.59. The number of carbonyl (C=O) groups excluding carboxylic acids is 1. The molecule has 7 nitrogen and oxygen atoms in total. The molecule has 218 valence electrons. The zero-order valence-corrected chi connectivity index (χ0v) is 23.5. The number of hydrogen-bond donors (Lipinski definition) is 0. The van der Waals surface area contributed by atoms with Crippen LogP contribution in [0.1, 0.15) is 63.1 Å². The van der Waals surface area contributed by atoms with Gasteiger partial charge in [0.15, 0.2) is 0 Å². The molecule has 3 aromatic rings. The Kier molecular flexibility index (Phi) is 6.87. The summed E-state index contributed by atoms with van der Waals surface area (Å²) in [5, 5.41) is 4.17. The SMILES string of the molecule is CCOC(=O)C1(CN2CCC3(CCc4c(-c5noc(-c6ccc(OC(C)C)c(C(F)(F)F)c6)n5)cccc43)C2)CC1. The van der Waals surface area contributed by atoms with Crippen LogP contribution in [-0.4, -0.2) is 53.4 Å². The van der Waals surface area contributed by atoms with Crippen molar-refractivity contribution in [2.75, 3.05) is 26.2 Å². The van der Waals surface area contributed by atoms with Gasteiger partial charge in [0.1, 0.15) is 5.75 Å². The molecule has 1 unspecified atom stereocenters. The van der Waals surface area contributed by atoms with Crippen LogP contribution in [0.2, 0.25) is 0 Å². The summed E-state index contributed by atoms with van der Waals surface area (Å²) in [4.78, 5) is 19.4. The first kappa shape index (κ1) is 27.8. The van der Waals surface area contributed by atoms with Gasteiger partial charge in [-0.2, -0.15) is 18.2 Å². The van der Waals surface area contributed by atoms with E-state index in [1.807, 2.05) is 19.1 Å². The maximum absolute atomic E-state index is 13.8. The minimum Gasteiger partial charge on any atom is -0.490 e. The molecule has 0 amide bonds. The fourth-order valence-corrected chi connectivity index (χ4v) is 6.56. The third-order valence-electron chi connectivity index (χ3n) is 8.68. The number of nitrogens with zero attached hydrogens (tertiary/aromatic N) is 3. The Morgan fingerprint density at radius 3 is 2.66 bits per heavy atom. The van der Waals surface area contributed by atoms with Gasteiger partial charge in [-0.15, -0.1) is 0 Å². The monoisotopic (exact) mass is 569 g/mol. The predicted molar refractivity (Wildman–Crippen MR) is 145 cm³/mol. The van der Waals surface area contributed by atoms with E-state index < -0.39 is 17.8 Å². The van der Waals surface area contributed by atoms with Crippen LogP contribution < -0.4 is 4.74 Å². The third kappa shape index (κ3) is 5.11. The van der Waals surface area contributed by atoms with Gasteiger partial charge < -0.3 is 18.9 Å². The Morgan fingerprint density at radius 1 is 1.15 bits per heavy atom. The first-order chi connectivity index (χ1) is 19.5. The summed E-state index contributed by atoms with van der Waals surface area (Å²) in [7, 11) is 0. The maximum Gasteiger partial charge on any atom is 0.419 e. The average Bonchev–Trinajstić information content (AvgIpc) is 3.25. The number of aromatic nitrogens is 2. The smallest absolute Gasteiger partial charge is 0.419 e. The normalized spacial score (nSPS) is 21.4. The van der Waals surface area contributed by atoms with Crippen molar-refractivity contribution >= 4 is 5.97 Å². The second kappa shape index (κ2) is 10.2. The zero-order valence-electron chi connectivity index (χ0n) is 23.5. The highest BCUT2D eigenvalue weighted by molar-refractivity contribution is 5.80. The lowest BCUT2D eigenvalue weighted by atomic mass is 9.81. The van der Waals surface area contributed by atoms with E-state index in [2.05, 4.69) is 21.1 Å². The molecule has 0 N–H and O–H groups in total. The number of halogens is 3. The summed E-state index contributed by atoms with van der Waals surface area (Å²) in [6, 6.07) is 9.89. The van der Waals surface area contributed by atoms with Gasteiger partial charge >= 0.3 is 12.1 Å². The van der Waals surface area contributed by atoms with Crippen LogP contribution in [-0.2, 0) is 27.5 Å². The van der Waals surface area contributed by atoms with Gasteiger partial charge in [0, 0.05) is 29.6 Å². The summed E-state index contributed by atoms with van der Waals surface area (Å²) in [6.07, 6.45) is -0.389. The molecular weight excluding hydrogens is 535 g/mol. The van der Waals surface area contributed by atoms with Crippen LogP contribution in [0, 0.1) is 5.41 Å². The number of esters is 1. The fraction of sp³-hybridized carbons (Fsp3) is 0.516. The molecule has 1 atom stereocenters. The lowest BCUT2D eigenvalue weighted by Gasteiger charge is -2.27. The number of fused-ring (bicyclic) bond motifs is 2. The highest BCUT2D eigenvalue weighted by Gasteiger charge is 2.54. The van der Waals surface area contributed by atoms with E-state index in [1.165, 1.54) is 17.7 Å². The summed E-state index contributed by atoms with van der Waals surface area (Å²) in [5.41, 5.74) is 2.21. The Morgan fingerprint density at radius 2 is 1.95 bits per heavy atom. The van der Waals surface area contributed by atoms with Gasteiger partial charge in [-0.3, -0.25) is 4.79 Å². The van der Waals surface area contributed by atoms with E-state index in [4.69, 9.17) is 14.0 Å². The van der Waals surface area contributed by atoms with Crippen molar-refractivity contribution in [1.29, 1.82) is 0 Å². The highest BCUT2D eigenvalue weighted by Crippen LogP contribution is 2.52. The first-order valence-corrected chi connectivity index (χ1v) is 14.3. The molecule has 2 aromatic carbocycles. The topological polar surface area (TPSA) is 77.7 Å². The summed E-state index contributed by atoms with van der Waals surface area (Å²) < 4.78 is 57.5. The summed E-state index contributed by atoms with van der Waals surface area (Å²) in [5.74, 6) is 0.0711. The van der Waals surface area contributed by atoms with Gasteiger partial charge in [0.25, 0.3) is 5.89 Å². The Balaban J connectivity index is 1.24. The van der Waals surface area contributed by atoms with Gasteiger partial charge in [-0.05, 0) is 88.7 Å². The maximum atomic E-state index is 13.8. The first-order valence-electron chi connectivity index (χ1n) is 14.3. The summed E-state index contributed by atoms with van der Waals surface area (Å²) in [6.45, 7) is 8.14. The second-order valence-electron chi connectivity index (χ2n) is 11.9. The van der Waals surface area contributed by atoms with Crippen LogP contribution in [0.4, 0.5) is 13.2 Å². The molecule has 3 aliphatic rings. The predicted octanol–water partition coefficient (Wildman–Crippen LogP) is 6.44. The van der Waals surface area contributed by atoms with E-state index in [9.17, 15) is 18.0 Å². The van der Waals surface area contributed by atoms with E-state index in [-0.39, 0.29) is 34.0 Å². The van der Waals surface area contributed by atoms with Crippen molar-refractivity contribution in [2.24, 2.45) is 5.41 Å². The van der Waals surface area contributed by atoms with E-state index in [0.717, 1.165) is 68.9 Å². The number of carbonyl (C=O) groups is 1. The van der Waals surface area contributed by atoms with E-state index in [0.29, 0.717) is 12.4 Å². The van der Waals surface area contributed by atoms with Crippen LogP contribution in [0.25, 0.3) is 22.8 Å².